The first kappa shape index (κ1) is 16.8. The lowest BCUT2D eigenvalue weighted by molar-refractivity contribution is -0.122. The topological polar surface area (TPSA) is 101 Å². The SMILES string of the molecule is CB(O)CCCC1C(N)CC2CC(NC(=O)C(C)N)CC21. The van der Waals surface area contributed by atoms with Crippen molar-refractivity contribution in [3.05, 3.63) is 0 Å². The minimum absolute atomic E-state index is 0.0464. The van der Waals surface area contributed by atoms with E-state index in [1.54, 1.807) is 6.92 Å². The first-order valence-corrected chi connectivity index (χ1v) is 8.38. The van der Waals surface area contributed by atoms with Crippen LogP contribution in [0.4, 0.5) is 0 Å². The van der Waals surface area contributed by atoms with Crippen LogP contribution in [0.25, 0.3) is 0 Å². The normalized spacial score (nSPS) is 36.3. The average Bonchev–Trinajstić information content (AvgIpc) is 2.87. The second kappa shape index (κ2) is 7.12. The van der Waals surface area contributed by atoms with Crippen LogP contribution in [0.1, 0.15) is 39.0 Å². The molecule has 21 heavy (non-hydrogen) atoms. The third-order valence-electron chi connectivity index (χ3n) is 5.34. The summed E-state index contributed by atoms with van der Waals surface area (Å²) in [7, 11) is 0. The number of nitrogens with two attached hydrogens (primary N) is 2. The van der Waals surface area contributed by atoms with Gasteiger partial charge in [0.2, 0.25) is 5.91 Å². The summed E-state index contributed by atoms with van der Waals surface area (Å²) in [4.78, 5) is 11.7. The van der Waals surface area contributed by atoms with E-state index in [2.05, 4.69) is 5.32 Å². The Morgan fingerprint density at radius 1 is 1.43 bits per heavy atom. The Hall–Kier alpha value is -0.585. The van der Waals surface area contributed by atoms with Crippen LogP contribution in [0, 0.1) is 17.8 Å². The van der Waals surface area contributed by atoms with Crippen molar-refractivity contribution in [3.8, 4) is 0 Å². The highest BCUT2D eigenvalue weighted by atomic mass is 16.2. The molecule has 6 heteroatoms. The summed E-state index contributed by atoms with van der Waals surface area (Å²) in [5.41, 5.74) is 11.9. The molecule has 0 aromatic rings. The predicted octanol–water partition coefficient (Wildman–Crippen LogP) is 0.586. The van der Waals surface area contributed by atoms with Crippen molar-refractivity contribution in [2.45, 2.75) is 70.3 Å². The molecule has 0 aromatic heterocycles. The molecule has 0 aromatic carbocycles. The first-order valence-electron chi connectivity index (χ1n) is 8.38. The fourth-order valence-electron chi connectivity index (χ4n) is 4.32. The van der Waals surface area contributed by atoms with Gasteiger partial charge in [0.1, 0.15) is 0 Å². The molecule has 2 fully saturated rings. The van der Waals surface area contributed by atoms with Crippen LogP contribution in [-0.4, -0.2) is 36.0 Å². The molecule has 0 bridgehead atoms. The zero-order valence-corrected chi connectivity index (χ0v) is 13.3. The number of hydrogen-bond donors (Lipinski definition) is 4. The van der Waals surface area contributed by atoms with E-state index in [1.165, 1.54) is 0 Å². The molecule has 2 aliphatic rings. The predicted molar refractivity (Wildman–Crippen MR) is 85.8 cm³/mol. The number of amides is 1. The highest BCUT2D eigenvalue weighted by Crippen LogP contribution is 2.48. The molecule has 1 amide bonds. The Labute approximate surface area is 128 Å². The van der Waals surface area contributed by atoms with Gasteiger partial charge < -0.3 is 21.8 Å². The summed E-state index contributed by atoms with van der Waals surface area (Å²) in [5, 5.41) is 12.5. The zero-order valence-electron chi connectivity index (χ0n) is 13.3. The van der Waals surface area contributed by atoms with E-state index in [0.717, 1.165) is 38.4 Å². The number of nitrogens with one attached hydrogen (secondary N) is 1. The van der Waals surface area contributed by atoms with Crippen molar-refractivity contribution >= 4 is 12.8 Å². The molecule has 5 nitrogen and oxygen atoms in total. The third-order valence-corrected chi connectivity index (χ3v) is 5.34. The van der Waals surface area contributed by atoms with Gasteiger partial charge in [0.25, 0.3) is 6.92 Å². The number of fused-ring (bicyclic) bond motifs is 1. The minimum atomic E-state index is -0.436. The molecule has 6 N–H and O–H groups in total. The number of hydrogen-bond acceptors (Lipinski definition) is 4. The molecule has 0 radical (unpaired) electrons. The lowest BCUT2D eigenvalue weighted by Gasteiger charge is -2.23. The van der Waals surface area contributed by atoms with Crippen LogP contribution in [0.2, 0.25) is 13.1 Å². The van der Waals surface area contributed by atoms with E-state index in [1.807, 2.05) is 6.82 Å². The van der Waals surface area contributed by atoms with Crippen LogP contribution < -0.4 is 16.8 Å². The monoisotopic (exact) mass is 295 g/mol. The Bertz CT molecular complexity index is 365. The number of rotatable bonds is 6. The lowest BCUT2D eigenvalue weighted by atomic mass is 9.66. The summed E-state index contributed by atoms with van der Waals surface area (Å²) < 4.78 is 0. The maximum atomic E-state index is 11.7. The average molecular weight is 295 g/mol. The van der Waals surface area contributed by atoms with Gasteiger partial charge in [-0.25, -0.2) is 0 Å². The standard InChI is InChI=1S/C15H30BN3O2/c1-9(17)15(20)19-11-6-10-7-14(18)12(13(10)8-11)4-3-5-16(2)21/h9-14,21H,3-8,17-18H2,1-2H3,(H,19,20). The van der Waals surface area contributed by atoms with Crippen LogP contribution in [-0.2, 0) is 4.79 Å². The lowest BCUT2D eigenvalue weighted by Crippen LogP contribution is -2.43. The van der Waals surface area contributed by atoms with E-state index in [9.17, 15) is 9.82 Å². The second-order valence-electron chi connectivity index (χ2n) is 7.23. The van der Waals surface area contributed by atoms with E-state index in [4.69, 9.17) is 11.5 Å². The second-order valence-corrected chi connectivity index (χ2v) is 7.23. The van der Waals surface area contributed by atoms with Crippen molar-refractivity contribution in [1.82, 2.24) is 5.32 Å². The van der Waals surface area contributed by atoms with Crippen molar-refractivity contribution in [2.75, 3.05) is 0 Å². The fraction of sp³-hybridized carbons (Fsp3) is 0.933. The van der Waals surface area contributed by atoms with Crippen LogP contribution >= 0.6 is 0 Å². The molecule has 0 heterocycles. The highest BCUT2D eigenvalue weighted by Gasteiger charge is 2.47. The van der Waals surface area contributed by atoms with Gasteiger partial charge >= 0.3 is 0 Å². The van der Waals surface area contributed by atoms with Crippen LogP contribution in [0.5, 0.6) is 0 Å². The van der Waals surface area contributed by atoms with E-state index in [-0.39, 0.29) is 18.9 Å². The maximum Gasteiger partial charge on any atom is 0.285 e. The molecule has 0 aliphatic heterocycles. The van der Waals surface area contributed by atoms with Crippen LogP contribution in [0.15, 0.2) is 0 Å². The van der Waals surface area contributed by atoms with Crippen LogP contribution in [0.3, 0.4) is 0 Å². The molecule has 0 spiro atoms. The summed E-state index contributed by atoms with van der Waals surface area (Å²) in [6, 6.07) is 0.124. The molecular formula is C15H30BN3O2. The third kappa shape index (κ3) is 4.21. The molecule has 120 valence electrons. The van der Waals surface area contributed by atoms with Gasteiger partial charge in [0.15, 0.2) is 0 Å². The summed E-state index contributed by atoms with van der Waals surface area (Å²) in [5.74, 6) is 1.78. The van der Waals surface area contributed by atoms with Crippen molar-refractivity contribution in [2.24, 2.45) is 29.2 Å². The molecule has 0 saturated heterocycles. The van der Waals surface area contributed by atoms with Gasteiger partial charge in [-0.3, -0.25) is 4.79 Å². The summed E-state index contributed by atoms with van der Waals surface area (Å²) >= 11 is 0. The Kier molecular flexibility index (Phi) is 5.69. The maximum absolute atomic E-state index is 11.7. The molecular weight excluding hydrogens is 265 g/mol. The van der Waals surface area contributed by atoms with Crippen molar-refractivity contribution < 1.29 is 9.82 Å². The minimum Gasteiger partial charge on any atom is -0.451 e. The quantitative estimate of drug-likeness (QED) is 0.538. The van der Waals surface area contributed by atoms with Gasteiger partial charge in [-0.05, 0) is 56.7 Å². The van der Waals surface area contributed by atoms with Gasteiger partial charge in [0.05, 0.1) is 6.04 Å². The largest absolute Gasteiger partial charge is 0.451 e. The van der Waals surface area contributed by atoms with Crippen molar-refractivity contribution in [3.63, 3.8) is 0 Å². The van der Waals surface area contributed by atoms with Gasteiger partial charge in [0, 0.05) is 12.1 Å². The van der Waals surface area contributed by atoms with E-state index < -0.39 is 6.04 Å². The fourth-order valence-corrected chi connectivity index (χ4v) is 4.32. The van der Waals surface area contributed by atoms with Crippen molar-refractivity contribution in [1.29, 1.82) is 0 Å². The smallest absolute Gasteiger partial charge is 0.285 e. The Balaban J connectivity index is 1.84. The number of carbonyl (C=O) groups excluding carboxylic acids is 1. The number of carbonyl (C=O) groups is 1. The zero-order chi connectivity index (χ0) is 15.6. The Morgan fingerprint density at radius 3 is 2.76 bits per heavy atom. The summed E-state index contributed by atoms with van der Waals surface area (Å²) in [6.45, 7) is 3.34. The first-order chi connectivity index (χ1) is 9.88. The molecule has 6 atom stereocenters. The summed E-state index contributed by atoms with van der Waals surface area (Å²) in [6.07, 6.45) is 6.15. The molecule has 2 aliphatic carbocycles. The molecule has 6 unspecified atom stereocenters. The van der Waals surface area contributed by atoms with Gasteiger partial charge in [-0.15, -0.1) is 0 Å². The molecule has 2 saturated carbocycles. The van der Waals surface area contributed by atoms with E-state index in [0.29, 0.717) is 23.8 Å². The van der Waals surface area contributed by atoms with Gasteiger partial charge in [-0.1, -0.05) is 13.2 Å². The van der Waals surface area contributed by atoms with Gasteiger partial charge in [-0.2, -0.15) is 0 Å². The van der Waals surface area contributed by atoms with E-state index >= 15 is 0 Å². The molecule has 2 rings (SSSR count). The Morgan fingerprint density at radius 2 is 2.14 bits per heavy atom. The highest BCUT2D eigenvalue weighted by molar-refractivity contribution is 6.48.